The molecule has 1 unspecified atom stereocenters. The van der Waals surface area contributed by atoms with E-state index >= 15 is 0 Å². The van der Waals surface area contributed by atoms with E-state index in [0.717, 1.165) is 19.3 Å². The highest BCUT2D eigenvalue weighted by molar-refractivity contribution is 6.02. The van der Waals surface area contributed by atoms with Crippen LogP contribution in [0.1, 0.15) is 36.5 Å². The molecule has 1 aromatic rings. The van der Waals surface area contributed by atoms with Gasteiger partial charge in [-0.15, -0.1) is 0 Å². The van der Waals surface area contributed by atoms with Crippen molar-refractivity contribution in [1.82, 2.24) is 9.80 Å². The Morgan fingerprint density at radius 2 is 1.74 bits per heavy atom. The lowest BCUT2D eigenvalue weighted by molar-refractivity contribution is -0.139. The van der Waals surface area contributed by atoms with Crippen molar-refractivity contribution in [2.24, 2.45) is 5.92 Å². The number of hydrogen-bond donors (Lipinski definition) is 0. The SMILES string of the molecule is CC1Oc2ccc(C(=O)N3CCN(C(=O)C4CCC4)CC3)cc2N(C)C1=O. The molecule has 144 valence electrons. The van der Waals surface area contributed by atoms with Crippen LogP contribution in [0, 0.1) is 5.92 Å². The standard InChI is InChI=1S/C20H25N3O4/c1-13-18(24)21(2)16-12-15(6-7-17(16)27-13)20(26)23-10-8-22(9-11-23)19(25)14-4-3-5-14/h6-7,12-14H,3-5,8-11H2,1-2H3. The highest BCUT2D eigenvalue weighted by atomic mass is 16.5. The summed E-state index contributed by atoms with van der Waals surface area (Å²) in [4.78, 5) is 42.6. The normalized spacial score (nSPS) is 22.8. The molecule has 3 amide bonds. The Morgan fingerprint density at radius 1 is 1.07 bits per heavy atom. The Morgan fingerprint density at radius 3 is 2.37 bits per heavy atom. The van der Waals surface area contributed by atoms with E-state index in [-0.39, 0.29) is 23.6 Å². The van der Waals surface area contributed by atoms with Crippen molar-refractivity contribution in [3.63, 3.8) is 0 Å². The minimum Gasteiger partial charge on any atom is -0.479 e. The largest absolute Gasteiger partial charge is 0.479 e. The predicted octanol–water partition coefficient (Wildman–Crippen LogP) is 1.51. The number of carbonyl (C=O) groups excluding carboxylic acids is 3. The molecular formula is C20H25N3O4. The van der Waals surface area contributed by atoms with Crippen LogP contribution in [-0.2, 0) is 9.59 Å². The fourth-order valence-corrected chi connectivity index (χ4v) is 3.87. The Bertz CT molecular complexity index is 781. The van der Waals surface area contributed by atoms with Gasteiger partial charge in [0.2, 0.25) is 5.91 Å². The van der Waals surface area contributed by atoms with Crippen molar-refractivity contribution in [3.05, 3.63) is 23.8 Å². The Labute approximate surface area is 158 Å². The molecular weight excluding hydrogens is 346 g/mol. The lowest BCUT2D eigenvalue weighted by Gasteiger charge is -2.38. The van der Waals surface area contributed by atoms with Gasteiger partial charge in [-0.3, -0.25) is 14.4 Å². The molecule has 1 saturated carbocycles. The van der Waals surface area contributed by atoms with Crippen molar-refractivity contribution in [3.8, 4) is 5.75 Å². The summed E-state index contributed by atoms with van der Waals surface area (Å²) >= 11 is 0. The third-order valence-corrected chi connectivity index (χ3v) is 5.88. The molecule has 0 radical (unpaired) electrons. The number of nitrogens with zero attached hydrogens (tertiary/aromatic N) is 3. The van der Waals surface area contributed by atoms with Gasteiger partial charge in [-0.05, 0) is 38.0 Å². The zero-order chi connectivity index (χ0) is 19.1. The maximum absolute atomic E-state index is 12.9. The number of benzene rings is 1. The molecule has 2 fully saturated rings. The van der Waals surface area contributed by atoms with Gasteiger partial charge in [-0.25, -0.2) is 0 Å². The summed E-state index contributed by atoms with van der Waals surface area (Å²) < 4.78 is 5.61. The monoisotopic (exact) mass is 371 g/mol. The Hall–Kier alpha value is -2.57. The number of piperazine rings is 1. The van der Waals surface area contributed by atoms with Gasteiger partial charge in [0.15, 0.2) is 6.10 Å². The maximum Gasteiger partial charge on any atom is 0.267 e. The third-order valence-electron chi connectivity index (χ3n) is 5.88. The van der Waals surface area contributed by atoms with Gasteiger partial charge in [0.1, 0.15) is 5.75 Å². The van der Waals surface area contributed by atoms with E-state index in [1.165, 1.54) is 4.90 Å². The summed E-state index contributed by atoms with van der Waals surface area (Å²) in [5.41, 5.74) is 1.15. The van der Waals surface area contributed by atoms with Gasteiger partial charge in [-0.1, -0.05) is 6.42 Å². The second-order valence-electron chi connectivity index (χ2n) is 7.59. The molecule has 1 atom stereocenters. The highest BCUT2D eigenvalue weighted by Crippen LogP contribution is 2.34. The fourth-order valence-electron chi connectivity index (χ4n) is 3.87. The third kappa shape index (κ3) is 3.15. The molecule has 0 bridgehead atoms. The van der Waals surface area contributed by atoms with Crippen LogP contribution >= 0.6 is 0 Å². The van der Waals surface area contributed by atoms with Crippen LogP contribution in [-0.4, -0.2) is 66.9 Å². The molecule has 1 aromatic carbocycles. The molecule has 3 aliphatic rings. The van der Waals surface area contributed by atoms with E-state index in [1.54, 1.807) is 37.1 Å². The van der Waals surface area contributed by atoms with E-state index in [2.05, 4.69) is 0 Å². The summed E-state index contributed by atoms with van der Waals surface area (Å²) in [6, 6.07) is 5.20. The van der Waals surface area contributed by atoms with E-state index < -0.39 is 6.10 Å². The van der Waals surface area contributed by atoms with Crippen molar-refractivity contribution < 1.29 is 19.1 Å². The molecule has 4 rings (SSSR count). The number of amides is 3. The van der Waals surface area contributed by atoms with E-state index in [0.29, 0.717) is 43.2 Å². The summed E-state index contributed by atoms with van der Waals surface area (Å²) in [5, 5.41) is 0. The van der Waals surface area contributed by atoms with Crippen molar-refractivity contribution in [1.29, 1.82) is 0 Å². The summed E-state index contributed by atoms with van der Waals surface area (Å²) in [7, 11) is 1.69. The predicted molar refractivity (Wildman–Crippen MR) is 99.8 cm³/mol. The fraction of sp³-hybridized carbons (Fsp3) is 0.550. The first kappa shape index (κ1) is 17.8. The van der Waals surface area contributed by atoms with Gasteiger partial charge in [0.25, 0.3) is 11.8 Å². The van der Waals surface area contributed by atoms with Crippen LogP contribution in [0.5, 0.6) is 5.75 Å². The zero-order valence-electron chi connectivity index (χ0n) is 15.8. The first-order valence-corrected chi connectivity index (χ1v) is 9.62. The van der Waals surface area contributed by atoms with E-state index in [1.807, 2.05) is 4.90 Å². The molecule has 2 heterocycles. The Kier molecular flexibility index (Phi) is 4.53. The molecule has 2 aliphatic heterocycles. The average Bonchev–Trinajstić information content (AvgIpc) is 2.64. The first-order valence-electron chi connectivity index (χ1n) is 9.62. The van der Waals surface area contributed by atoms with Crippen LogP contribution in [0.25, 0.3) is 0 Å². The number of hydrogen-bond acceptors (Lipinski definition) is 4. The lowest BCUT2D eigenvalue weighted by Crippen LogP contribution is -2.52. The summed E-state index contributed by atoms with van der Waals surface area (Å²) in [6.07, 6.45) is 2.62. The van der Waals surface area contributed by atoms with Gasteiger partial charge in [-0.2, -0.15) is 0 Å². The molecule has 0 spiro atoms. The number of likely N-dealkylation sites (N-methyl/N-ethyl adjacent to an activating group) is 1. The van der Waals surface area contributed by atoms with Crippen molar-refractivity contribution in [2.75, 3.05) is 38.1 Å². The van der Waals surface area contributed by atoms with Gasteiger partial charge in [0, 0.05) is 44.7 Å². The van der Waals surface area contributed by atoms with Crippen molar-refractivity contribution >= 4 is 23.4 Å². The number of fused-ring (bicyclic) bond motifs is 1. The van der Waals surface area contributed by atoms with Crippen molar-refractivity contribution in [2.45, 2.75) is 32.3 Å². The number of carbonyl (C=O) groups is 3. The summed E-state index contributed by atoms with van der Waals surface area (Å²) in [6.45, 7) is 3.97. The van der Waals surface area contributed by atoms with Gasteiger partial charge in [0.05, 0.1) is 5.69 Å². The van der Waals surface area contributed by atoms with E-state index in [4.69, 9.17) is 4.74 Å². The van der Waals surface area contributed by atoms with Gasteiger partial charge >= 0.3 is 0 Å². The van der Waals surface area contributed by atoms with Crippen LogP contribution in [0.2, 0.25) is 0 Å². The maximum atomic E-state index is 12.9. The van der Waals surface area contributed by atoms with Crippen LogP contribution in [0.3, 0.4) is 0 Å². The molecule has 1 aliphatic carbocycles. The number of anilines is 1. The molecule has 0 N–H and O–H groups in total. The number of ether oxygens (including phenoxy) is 1. The quantitative estimate of drug-likeness (QED) is 0.790. The molecule has 7 heteroatoms. The molecule has 1 saturated heterocycles. The van der Waals surface area contributed by atoms with Gasteiger partial charge < -0.3 is 19.4 Å². The summed E-state index contributed by atoms with van der Waals surface area (Å²) in [5.74, 6) is 0.845. The molecule has 7 nitrogen and oxygen atoms in total. The van der Waals surface area contributed by atoms with Crippen LogP contribution in [0.4, 0.5) is 5.69 Å². The highest BCUT2D eigenvalue weighted by Gasteiger charge is 2.33. The first-order chi connectivity index (χ1) is 13.0. The minimum absolute atomic E-state index is 0.0759. The van der Waals surface area contributed by atoms with Crippen LogP contribution in [0.15, 0.2) is 18.2 Å². The lowest BCUT2D eigenvalue weighted by atomic mass is 9.84. The van der Waals surface area contributed by atoms with E-state index in [9.17, 15) is 14.4 Å². The molecule has 0 aromatic heterocycles. The smallest absolute Gasteiger partial charge is 0.267 e. The average molecular weight is 371 g/mol. The second kappa shape index (κ2) is 6.87. The molecule has 27 heavy (non-hydrogen) atoms. The Balaban J connectivity index is 1.43. The zero-order valence-corrected chi connectivity index (χ0v) is 15.8. The minimum atomic E-state index is -0.523. The number of rotatable bonds is 2. The topological polar surface area (TPSA) is 70.2 Å². The second-order valence-corrected chi connectivity index (χ2v) is 7.59. The van der Waals surface area contributed by atoms with Crippen LogP contribution < -0.4 is 9.64 Å².